The number of nitrogen functional groups attached to an aromatic ring is 1. The van der Waals surface area contributed by atoms with E-state index in [-0.39, 0.29) is 11.8 Å². The number of fused-ring (bicyclic) bond motifs is 1. The van der Waals surface area contributed by atoms with Crippen LogP contribution in [-0.2, 0) is 10.2 Å². The van der Waals surface area contributed by atoms with Gasteiger partial charge in [-0.1, -0.05) is 6.07 Å². The molecule has 1 aliphatic rings. The number of furan rings is 1. The summed E-state index contributed by atoms with van der Waals surface area (Å²) < 4.78 is 5.11. The fraction of sp³-hybridized carbons (Fsp3) is 0.200. The number of nitrogens with two attached hydrogens (primary N) is 1. The third-order valence-corrected chi connectivity index (χ3v) is 3.75. The monoisotopic (exact) mass is 267 g/mol. The molecule has 0 radical (unpaired) electrons. The third-order valence-electron chi connectivity index (χ3n) is 3.75. The van der Waals surface area contributed by atoms with Crippen molar-refractivity contribution >= 4 is 17.5 Å². The lowest BCUT2D eigenvalue weighted by Gasteiger charge is -2.15. The number of carbonyl (C=O) groups excluding carboxylic acids is 1. The minimum absolute atomic E-state index is 0.0307. The van der Waals surface area contributed by atoms with Gasteiger partial charge in [-0.2, -0.15) is 5.26 Å². The van der Waals surface area contributed by atoms with Crippen molar-refractivity contribution < 1.29 is 9.21 Å². The topological polar surface area (TPSA) is 92.1 Å². The molecule has 5 heteroatoms. The van der Waals surface area contributed by atoms with Gasteiger partial charge in [0.2, 0.25) is 11.8 Å². The summed E-state index contributed by atoms with van der Waals surface area (Å²) in [6, 6.07) is 7.61. The number of nitrogens with zero attached hydrogens (tertiary/aromatic N) is 1. The van der Waals surface area contributed by atoms with E-state index in [1.165, 1.54) is 6.26 Å². The molecule has 0 fully saturated rings. The zero-order chi connectivity index (χ0) is 14.5. The van der Waals surface area contributed by atoms with Crippen LogP contribution in [0.5, 0.6) is 0 Å². The van der Waals surface area contributed by atoms with Crippen LogP contribution in [0.3, 0.4) is 0 Å². The van der Waals surface area contributed by atoms with Crippen LogP contribution in [0, 0.1) is 11.3 Å². The van der Waals surface area contributed by atoms with Gasteiger partial charge in [0.25, 0.3) is 0 Å². The summed E-state index contributed by atoms with van der Waals surface area (Å²) in [6.45, 7) is 3.74. The number of amides is 1. The highest BCUT2D eigenvalue weighted by atomic mass is 16.3. The third kappa shape index (κ3) is 1.51. The Bertz CT molecular complexity index is 766. The number of hydrogen-bond acceptors (Lipinski definition) is 4. The molecule has 2 heterocycles. The summed E-state index contributed by atoms with van der Waals surface area (Å²) in [5.74, 6) is 0.0772. The number of rotatable bonds is 1. The Morgan fingerprint density at radius 3 is 2.85 bits per heavy atom. The Balaban J connectivity index is 2.18. The minimum Gasteiger partial charge on any atom is -0.447 e. The van der Waals surface area contributed by atoms with Crippen LogP contribution < -0.4 is 11.1 Å². The summed E-state index contributed by atoms with van der Waals surface area (Å²) >= 11 is 0. The Kier molecular flexibility index (Phi) is 2.38. The zero-order valence-electron chi connectivity index (χ0n) is 11.2. The fourth-order valence-electron chi connectivity index (χ4n) is 2.44. The molecule has 0 aliphatic carbocycles. The number of anilines is 2. The van der Waals surface area contributed by atoms with Crippen LogP contribution in [0.1, 0.15) is 25.0 Å². The minimum atomic E-state index is -0.590. The van der Waals surface area contributed by atoms with Crippen LogP contribution in [-0.4, -0.2) is 5.91 Å². The molecule has 0 spiro atoms. The molecular formula is C15H13N3O2. The van der Waals surface area contributed by atoms with Crippen LogP contribution in [0.15, 0.2) is 28.9 Å². The molecule has 3 rings (SSSR count). The molecule has 0 saturated heterocycles. The second kappa shape index (κ2) is 3.87. The van der Waals surface area contributed by atoms with Gasteiger partial charge in [-0.3, -0.25) is 4.79 Å². The van der Waals surface area contributed by atoms with E-state index in [2.05, 4.69) is 5.32 Å². The number of carbonyl (C=O) groups is 1. The normalized spacial score (nSPS) is 15.6. The fourth-order valence-corrected chi connectivity index (χ4v) is 2.44. The van der Waals surface area contributed by atoms with Gasteiger partial charge in [-0.15, -0.1) is 0 Å². The lowest BCUT2D eigenvalue weighted by atomic mass is 9.84. The summed E-state index contributed by atoms with van der Waals surface area (Å²) in [5.41, 5.74) is 8.51. The van der Waals surface area contributed by atoms with Gasteiger partial charge in [0.15, 0.2) is 0 Å². The summed E-state index contributed by atoms with van der Waals surface area (Å²) in [5, 5.41) is 12.0. The van der Waals surface area contributed by atoms with Gasteiger partial charge in [-0.25, -0.2) is 0 Å². The van der Waals surface area contributed by atoms with Crippen molar-refractivity contribution in [3.05, 3.63) is 35.6 Å². The Labute approximate surface area is 116 Å². The van der Waals surface area contributed by atoms with Crippen LogP contribution >= 0.6 is 0 Å². The molecule has 1 amide bonds. The smallest absolute Gasteiger partial charge is 0.234 e. The standard InChI is InChI=1S/C15H13N3O2/c1-15(2)11-5-8(3-4-12(11)18-14(15)19)10-7-20-13(17)9(10)6-16/h3-5,7H,17H2,1-2H3,(H,18,19). The largest absolute Gasteiger partial charge is 0.447 e. The van der Waals surface area contributed by atoms with Gasteiger partial charge >= 0.3 is 0 Å². The highest BCUT2D eigenvalue weighted by Crippen LogP contribution is 2.40. The first kappa shape index (κ1) is 12.3. The molecule has 20 heavy (non-hydrogen) atoms. The summed E-state index contributed by atoms with van der Waals surface area (Å²) in [7, 11) is 0. The van der Waals surface area contributed by atoms with Crippen molar-refractivity contribution in [2.75, 3.05) is 11.1 Å². The lowest BCUT2D eigenvalue weighted by molar-refractivity contribution is -0.119. The molecule has 0 saturated carbocycles. The molecule has 5 nitrogen and oxygen atoms in total. The van der Waals surface area contributed by atoms with Crippen molar-refractivity contribution in [3.8, 4) is 17.2 Å². The average molecular weight is 267 g/mol. The molecule has 1 aromatic carbocycles. The number of benzene rings is 1. The first-order valence-corrected chi connectivity index (χ1v) is 6.18. The number of nitrogens with one attached hydrogen (secondary N) is 1. The maximum Gasteiger partial charge on any atom is 0.234 e. The maximum atomic E-state index is 11.9. The summed E-state index contributed by atoms with van der Waals surface area (Å²) in [4.78, 5) is 11.9. The van der Waals surface area contributed by atoms with Crippen LogP contribution in [0.25, 0.3) is 11.1 Å². The van der Waals surface area contributed by atoms with E-state index < -0.39 is 5.41 Å². The summed E-state index contributed by atoms with van der Waals surface area (Å²) in [6.07, 6.45) is 1.47. The molecule has 1 aliphatic heterocycles. The van der Waals surface area contributed by atoms with E-state index in [0.717, 1.165) is 16.8 Å². The molecular weight excluding hydrogens is 254 g/mol. The molecule has 1 aromatic heterocycles. The van der Waals surface area contributed by atoms with Crippen molar-refractivity contribution in [2.24, 2.45) is 0 Å². The van der Waals surface area contributed by atoms with E-state index in [1.54, 1.807) is 0 Å². The van der Waals surface area contributed by atoms with Gasteiger partial charge in [0, 0.05) is 11.3 Å². The van der Waals surface area contributed by atoms with E-state index in [0.29, 0.717) is 11.1 Å². The first-order chi connectivity index (χ1) is 9.45. The molecule has 3 N–H and O–H groups in total. The molecule has 0 atom stereocenters. The predicted octanol–water partition coefficient (Wildman–Crippen LogP) is 2.63. The Morgan fingerprint density at radius 2 is 2.15 bits per heavy atom. The predicted molar refractivity (Wildman–Crippen MR) is 74.9 cm³/mol. The van der Waals surface area contributed by atoms with E-state index in [9.17, 15) is 4.79 Å². The first-order valence-electron chi connectivity index (χ1n) is 6.18. The lowest BCUT2D eigenvalue weighted by Crippen LogP contribution is -2.26. The number of nitriles is 1. The van der Waals surface area contributed by atoms with Crippen molar-refractivity contribution in [3.63, 3.8) is 0 Å². The average Bonchev–Trinajstić information content (AvgIpc) is 2.89. The molecule has 100 valence electrons. The maximum absolute atomic E-state index is 11.9. The van der Waals surface area contributed by atoms with Gasteiger partial charge < -0.3 is 15.5 Å². The molecule has 0 unspecified atom stereocenters. The van der Waals surface area contributed by atoms with Crippen molar-refractivity contribution in [1.29, 1.82) is 5.26 Å². The van der Waals surface area contributed by atoms with Crippen molar-refractivity contribution in [2.45, 2.75) is 19.3 Å². The molecule has 0 bridgehead atoms. The second-order valence-corrected chi connectivity index (χ2v) is 5.34. The van der Waals surface area contributed by atoms with E-state index in [4.69, 9.17) is 15.4 Å². The van der Waals surface area contributed by atoms with E-state index in [1.807, 2.05) is 38.1 Å². The highest BCUT2D eigenvalue weighted by Gasteiger charge is 2.38. The van der Waals surface area contributed by atoms with Crippen LogP contribution in [0.4, 0.5) is 11.6 Å². The van der Waals surface area contributed by atoms with Gasteiger partial charge in [0.05, 0.1) is 5.41 Å². The SMILES string of the molecule is CC1(C)C(=O)Nc2ccc(-c3coc(N)c3C#N)cc21. The van der Waals surface area contributed by atoms with Crippen LogP contribution in [0.2, 0.25) is 0 Å². The number of hydrogen-bond donors (Lipinski definition) is 2. The quantitative estimate of drug-likeness (QED) is 0.830. The molecule has 2 aromatic rings. The zero-order valence-corrected chi connectivity index (χ0v) is 11.2. The highest BCUT2D eigenvalue weighted by molar-refractivity contribution is 6.06. The second-order valence-electron chi connectivity index (χ2n) is 5.34. The Morgan fingerprint density at radius 1 is 1.40 bits per heavy atom. The van der Waals surface area contributed by atoms with Gasteiger partial charge in [0.1, 0.15) is 17.9 Å². The van der Waals surface area contributed by atoms with Gasteiger partial charge in [-0.05, 0) is 37.1 Å². The van der Waals surface area contributed by atoms with E-state index >= 15 is 0 Å². The van der Waals surface area contributed by atoms with Crippen molar-refractivity contribution in [1.82, 2.24) is 0 Å². The Hall–Kier alpha value is -2.74.